The minimum Gasteiger partial charge on any atom is -0.309 e. The van der Waals surface area contributed by atoms with Crippen LogP contribution in [0.2, 0.25) is 0 Å². The fourth-order valence-corrected chi connectivity index (χ4v) is 7.41. The predicted octanol–water partition coefficient (Wildman–Crippen LogP) is 11.0. The van der Waals surface area contributed by atoms with Crippen molar-refractivity contribution in [1.82, 2.24) is 9.13 Å². The molecule has 4 nitrogen and oxygen atoms in total. The topological polar surface area (TPSA) is 57.4 Å². The van der Waals surface area contributed by atoms with E-state index in [9.17, 15) is 10.5 Å². The van der Waals surface area contributed by atoms with Crippen molar-refractivity contribution >= 4 is 43.6 Å². The van der Waals surface area contributed by atoms with E-state index in [1.54, 1.807) is 18.2 Å². The van der Waals surface area contributed by atoms with Gasteiger partial charge in [0, 0.05) is 38.5 Å². The maximum Gasteiger partial charge on any atom is 0.0998 e. The largest absolute Gasteiger partial charge is 0.309 e. The summed E-state index contributed by atoms with van der Waals surface area (Å²) in [6.45, 7) is 0. The minimum atomic E-state index is 0.479. The van der Waals surface area contributed by atoms with E-state index in [-0.39, 0.29) is 0 Å². The smallest absolute Gasteiger partial charge is 0.0998 e. The van der Waals surface area contributed by atoms with Crippen molar-refractivity contribution in [3.05, 3.63) is 169 Å². The van der Waals surface area contributed by atoms with Gasteiger partial charge in [0.2, 0.25) is 0 Å². The van der Waals surface area contributed by atoms with Gasteiger partial charge in [-0.15, -0.1) is 0 Å². The van der Waals surface area contributed by atoms with Gasteiger partial charge in [-0.05, 0) is 71.3 Å². The number of hydrogen-bond donors (Lipinski definition) is 0. The third kappa shape index (κ3) is 4.01. The van der Waals surface area contributed by atoms with Gasteiger partial charge in [0.1, 0.15) is 0 Å². The van der Waals surface area contributed by atoms with E-state index in [2.05, 4.69) is 143 Å². The number of nitrogens with zero attached hydrogens (tertiary/aromatic N) is 4. The first-order valence-corrected chi connectivity index (χ1v) is 15.9. The molecule has 2 aromatic heterocycles. The summed E-state index contributed by atoms with van der Waals surface area (Å²) >= 11 is 0. The monoisotopic (exact) mass is 610 g/mol. The molecule has 0 fully saturated rings. The average molecular weight is 611 g/mol. The summed E-state index contributed by atoms with van der Waals surface area (Å²) in [5, 5.41) is 25.0. The zero-order valence-corrected chi connectivity index (χ0v) is 25.8. The molecule has 0 bridgehead atoms. The Morgan fingerprint density at radius 2 is 1.04 bits per heavy atom. The van der Waals surface area contributed by atoms with Crippen LogP contribution in [0.25, 0.3) is 77.2 Å². The second-order valence-electron chi connectivity index (χ2n) is 11.9. The van der Waals surface area contributed by atoms with Crippen molar-refractivity contribution < 1.29 is 0 Å². The number of fused-ring (bicyclic) bond motifs is 7. The summed E-state index contributed by atoms with van der Waals surface area (Å²) in [4.78, 5) is 0. The molecule has 0 saturated carbocycles. The molecule has 0 aliphatic rings. The third-order valence-electron chi connectivity index (χ3n) is 9.41. The average Bonchev–Trinajstić information content (AvgIpc) is 3.68. The molecule has 9 aromatic rings. The molecule has 0 saturated heterocycles. The zero-order chi connectivity index (χ0) is 32.2. The van der Waals surface area contributed by atoms with Gasteiger partial charge in [-0.2, -0.15) is 10.5 Å². The highest BCUT2D eigenvalue weighted by molar-refractivity contribution is 6.26. The van der Waals surface area contributed by atoms with Crippen LogP contribution in [0.3, 0.4) is 0 Å². The van der Waals surface area contributed by atoms with E-state index >= 15 is 0 Å². The van der Waals surface area contributed by atoms with Gasteiger partial charge in [0.15, 0.2) is 0 Å². The van der Waals surface area contributed by atoms with Crippen LogP contribution in [0.1, 0.15) is 11.1 Å². The highest BCUT2D eigenvalue weighted by atomic mass is 15.0. The van der Waals surface area contributed by atoms with E-state index in [1.165, 1.54) is 32.6 Å². The molecule has 0 amide bonds. The molecule has 7 aromatic carbocycles. The van der Waals surface area contributed by atoms with Crippen LogP contribution < -0.4 is 0 Å². The number of benzene rings is 7. The summed E-state index contributed by atoms with van der Waals surface area (Å²) in [7, 11) is 0. The van der Waals surface area contributed by atoms with Gasteiger partial charge in [0.25, 0.3) is 0 Å². The summed E-state index contributed by atoms with van der Waals surface area (Å²) in [5.74, 6) is 0. The maximum atomic E-state index is 10.1. The molecule has 0 aliphatic heterocycles. The maximum absolute atomic E-state index is 10.1. The molecule has 0 radical (unpaired) electrons. The van der Waals surface area contributed by atoms with Gasteiger partial charge in [-0.25, -0.2) is 0 Å². The SMILES string of the molecule is N#Cc1cccc(C#N)c1-c1ccc(-n2c3ccccc3c3c2ccc2c4ccccc4n(-c4ccccc4)c23)cc1-c1ccccc1. The lowest BCUT2D eigenvalue weighted by Crippen LogP contribution is -1.98. The van der Waals surface area contributed by atoms with Gasteiger partial charge in [-0.3, -0.25) is 0 Å². The van der Waals surface area contributed by atoms with E-state index in [0.29, 0.717) is 16.7 Å². The highest BCUT2D eigenvalue weighted by Crippen LogP contribution is 2.43. The number of aromatic nitrogens is 2. The van der Waals surface area contributed by atoms with E-state index in [4.69, 9.17) is 0 Å². The Morgan fingerprint density at radius 3 is 1.75 bits per heavy atom. The van der Waals surface area contributed by atoms with E-state index < -0.39 is 0 Å². The molecule has 0 unspecified atom stereocenters. The highest BCUT2D eigenvalue weighted by Gasteiger charge is 2.22. The molecular weight excluding hydrogens is 585 g/mol. The number of hydrogen-bond acceptors (Lipinski definition) is 2. The van der Waals surface area contributed by atoms with Crippen LogP contribution in [0.15, 0.2) is 158 Å². The molecule has 0 atom stereocenters. The summed E-state index contributed by atoms with van der Waals surface area (Å²) in [6, 6.07) is 58.9. The van der Waals surface area contributed by atoms with Crippen molar-refractivity contribution in [3.8, 4) is 45.8 Å². The third-order valence-corrected chi connectivity index (χ3v) is 9.41. The first-order chi connectivity index (χ1) is 23.8. The Morgan fingerprint density at radius 1 is 0.417 bits per heavy atom. The summed E-state index contributed by atoms with van der Waals surface area (Å²) < 4.78 is 4.74. The fourth-order valence-electron chi connectivity index (χ4n) is 7.41. The van der Waals surface area contributed by atoms with Crippen LogP contribution in [0.4, 0.5) is 0 Å². The fraction of sp³-hybridized carbons (Fsp3) is 0. The van der Waals surface area contributed by atoms with Gasteiger partial charge in [-0.1, -0.05) is 103 Å². The second kappa shape index (κ2) is 10.9. The number of rotatable bonds is 4. The van der Waals surface area contributed by atoms with Crippen LogP contribution in [-0.4, -0.2) is 9.13 Å². The predicted molar refractivity (Wildman–Crippen MR) is 195 cm³/mol. The van der Waals surface area contributed by atoms with Crippen LogP contribution in [0.5, 0.6) is 0 Å². The zero-order valence-electron chi connectivity index (χ0n) is 25.8. The Labute approximate surface area is 277 Å². The Hall–Kier alpha value is -6.88. The number of nitriles is 2. The van der Waals surface area contributed by atoms with Crippen molar-refractivity contribution in [3.63, 3.8) is 0 Å². The molecule has 0 aliphatic carbocycles. The standard InChI is InChI=1S/C44H26N4/c45-27-30-14-11-15-31(28-46)42(30)35-23-22-33(26-38(35)29-12-3-1-4-13-29)47-40-21-10-8-19-37(40)43-41(47)25-24-36-34-18-7-9-20-39(34)48(44(36)43)32-16-5-2-6-17-32/h1-26H. The quantitative estimate of drug-likeness (QED) is 0.199. The lowest BCUT2D eigenvalue weighted by Gasteiger charge is -2.16. The lowest BCUT2D eigenvalue weighted by molar-refractivity contribution is 1.17. The Balaban J connectivity index is 1.40. The van der Waals surface area contributed by atoms with Crippen molar-refractivity contribution in [2.45, 2.75) is 0 Å². The van der Waals surface area contributed by atoms with E-state index in [0.717, 1.165) is 39.1 Å². The van der Waals surface area contributed by atoms with Gasteiger partial charge >= 0.3 is 0 Å². The molecular formula is C44H26N4. The molecule has 48 heavy (non-hydrogen) atoms. The Bertz CT molecular complexity index is 2760. The van der Waals surface area contributed by atoms with Crippen LogP contribution in [0, 0.1) is 22.7 Å². The van der Waals surface area contributed by atoms with Crippen molar-refractivity contribution in [1.29, 1.82) is 10.5 Å². The van der Waals surface area contributed by atoms with Crippen LogP contribution in [-0.2, 0) is 0 Å². The molecule has 4 heteroatoms. The van der Waals surface area contributed by atoms with Gasteiger partial charge in [0.05, 0.1) is 45.3 Å². The Kier molecular flexibility index (Phi) is 6.22. The first kappa shape index (κ1) is 27.4. The van der Waals surface area contributed by atoms with Crippen LogP contribution >= 0.6 is 0 Å². The van der Waals surface area contributed by atoms with Crippen molar-refractivity contribution in [2.24, 2.45) is 0 Å². The second-order valence-corrected chi connectivity index (χ2v) is 11.9. The number of para-hydroxylation sites is 3. The lowest BCUT2D eigenvalue weighted by atomic mass is 9.89. The van der Waals surface area contributed by atoms with E-state index in [1.807, 2.05) is 18.2 Å². The van der Waals surface area contributed by atoms with Gasteiger partial charge < -0.3 is 9.13 Å². The normalized spacial score (nSPS) is 11.3. The molecule has 0 N–H and O–H groups in total. The van der Waals surface area contributed by atoms with Crippen molar-refractivity contribution in [2.75, 3.05) is 0 Å². The molecule has 9 rings (SSSR count). The molecule has 222 valence electrons. The molecule has 2 heterocycles. The first-order valence-electron chi connectivity index (χ1n) is 15.9. The summed E-state index contributed by atoms with van der Waals surface area (Å²) in [6.07, 6.45) is 0. The minimum absolute atomic E-state index is 0.479. The summed E-state index contributed by atoms with van der Waals surface area (Å²) in [5.41, 5.74) is 11.1. The molecule has 0 spiro atoms.